The van der Waals surface area contributed by atoms with Crippen LogP contribution in [-0.2, 0) is 14.3 Å². The van der Waals surface area contributed by atoms with Crippen LogP contribution in [0.25, 0.3) is 0 Å². The van der Waals surface area contributed by atoms with E-state index >= 15 is 0 Å². The average molecular weight is 949 g/mol. The van der Waals surface area contributed by atoms with Crippen LogP contribution in [0.15, 0.2) is 0 Å². The van der Waals surface area contributed by atoms with Gasteiger partial charge < -0.3 is 20.3 Å². The first kappa shape index (κ1) is 65.9. The average Bonchev–Trinajstić information content (AvgIpc) is 3.33. The minimum Gasteiger partial charge on any atom is -0.466 e. The number of esters is 1. The molecule has 400 valence electrons. The van der Waals surface area contributed by atoms with Crippen molar-refractivity contribution in [3.8, 4) is 0 Å². The second kappa shape index (κ2) is 57.4. The molecule has 2 atom stereocenters. The number of hydrogen-bond acceptors (Lipinski definition) is 5. The molecule has 0 aromatic carbocycles. The molecule has 0 aliphatic carbocycles. The Balaban J connectivity index is 3.39. The van der Waals surface area contributed by atoms with Crippen LogP contribution in [0.4, 0.5) is 0 Å². The molecule has 0 radical (unpaired) electrons. The van der Waals surface area contributed by atoms with E-state index in [1.54, 1.807) is 0 Å². The van der Waals surface area contributed by atoms with E-state index in [-0.39, 0.29) is 18.5 Å². The molecule has 1 amide bonds. The molecule has 0 fully saturated rings. The van der Waals surface area contributed by atoms with E-state index in [1.807, 2.05) is 0 Å². The standard InChI is InChI=1S/C61H121NO5/c1-3-5-7-9-11-13-15-17-19-21-23-27-31-35-39-43-47-51-55-61(66)67-56-52-48-44-40-36-32-28-24-26-30-34-38-42-46-50-54-60(65)62-58(57-63)59(64)53-49-45-41-37-33-29-25-22-20-18-16-14-12-10-8-6-4-2/h58-59,63-64H,3-57H2,1-2H3,(H,62,65). The van der Waals surface area contributed by atoms with Gasteiger partial charge in [0.1, 0.15) is 0 Å². The molecular formula is C61H121NO5. The molecule has 67 heavy (non-hydrogen) atoms. The second-order valence-corrected chi connectivity index (χ2v) is 21.4. The number of hydrogen-bond donors (Lipinski definition) is 3. The van der Waals surface area contributed by atoms with E-state index in [1.165, 1.54) is 276 Å². The summed E-state index contributed by atoms with van der Waals surface area (Å²) in [7, 11) is 0. The Hall–Kier alpha value is -1.14. The Bertz CT molecular complexity index is 959. The van der Waals surface area contributed by atoms with Gasteiger partial charge >= 0.3 is 5.97 Å². The quantitative estimate of drug-likeness (QED) is 0.0417. The Morgan fingerprint density at radius 2 is 0.612 bits per heavy atom. The number of amides is 1. The van der Waals surface area contributed by atoms with Gasteiger partial charge in [-0.3, -0.25) is 9.59 Å². The Labute approximate surface area is 419 Å². The number of unbranched alkanes of at least 4 members (excludes halogenated alkanes) is 47. The summed E-state index contributed by atoms with van der Waals surface area (Å²) in [6, 6.07) is -0.547. The van der Waals surface area contributed by atoms with Crippen molar-refractivity contribution in [2.45, 2.75) is 366 Å². The molecule has 0 spiro atoms. The maximum atomic E-state index is 12.5. The minimum absolute atomic E-state index is 0.00637. The van der Waals surface area contributed by atoms with Gasteiger partial charge in [0.2, 0.25) is 5.91 Å². The molecule has 0 aromatic heterocycles. The maximum Gasteiger partial charge on any atom is 0.305 e. The van der Waals surface area contributed by atoms with Crippen LogP contribution in [0.3, 0.4) is 0 Å². The van der Waals surface area contributed by atoms with Gasteiger partial charge in [0.15, 0.2) is 0 Å². The first-order valence-electron chi connectivity index (χ1n) is 30.8. The third kappa shape index (κ3) is 54.0. The van der Waals surface area contributed by atoms with Gasteiger partial charge in [-0.1, -0.05) is 316 Å². The molecule has 0 aliphatic rings. The number of rotatable bonds is 58. The highest BCUT2D eigenvalue weighted by Gasteiger charge is 2.20. The molecule has 0 saturated heterocycles. The first-order chi connectivity index (χ1) is 33.0. The van der Waals surface area contributed by atoms with Crippen LogP contribution in [-0.4, -0.2) is 47.4 Å². The summed E-state index contributed by atoms with van der Waals surface area (Å²) in [5, 5.41) is 23.3. The zero-order valence-electron chi connectivity index (χ0n) is 45.7. The van der Waals surface area contributed by atoms with Crippen molar-refractivity contribution in [3.05, 3.63) is 0 Å². The van der Waals surface area contributed by atoms with Crippen molar-refractivity contribution in [2.75, 3.05) is 13.2 Å². The third-order valence-electron chi connectivity index (χ3n) is 14.7. The summed E-state index contributed by atoms with van der Waals surface area (Å²) in [4.78, 5) is 24.6. The number of carbonyl (C=O) groups excluding carboxylic acids is 2. The van der Waals surface area contributed by atoms with Gasteiger partial charge in [0, 0.05) is 12.8 Å². The van der Waals surface area contributed by atoms with E-state index in [0.29, 0.717) is 25.9 Å². The predicted molar refractivity (Wildman–Crippen MR) is 292 cm³/mol. The normalized spacial score (nSPS) is 12.5. The lowest BCUT2D eigenvalue weighted by Crippen LogP contribution is -2.45. The predicted octanol–water partition coefficient (Wildman–Crippen LogP) is 19.1. The van der Waals surface area contributed by atoms with Crippen molar-refractivity contribution in [3.63, 3.8) is 0 Å². The summed E-state index contributed by atoms with van der Waals surface area (Å²) in [5.74, 6) is -0.0331. The molecule has 0 aliphatic heterocycles. The van der Waals surface area contributed by atoms with Gasteiger partial charge in [-0.2, -0.15) is 0 Å². The van der Waals surface area contributed by atoms with E-state index in [9.17, 15) is 19.8 Å². The summed E-state index contributed by atoms with van der Waals surface area (Å²) < 4.78 is 5.49. The number of aliphatic hydroxyl groups is 2. The van der Waals surface area contributed by atoms with Gasteiger partial charge in [-0.05, 0) is 25.7 Å². The molecule has 0 saturated carbocycles. The number of aliphatic hydroxyl groups excluding tert-OH is 2. The highest BCUT2D eigenvalue weighted by molar-refractivity contribution is 5.76. The van der Waals surface area contributed by atoms with E-state index in [4.69, 9.17) is 4.74 Å². The lowest BCUT2D eigenvalue weighted by molar-refractivity contribution is -0.143. The smallest absolute Gasteiger partial charge is 0.305 e. The largest absolute Gasteiger partial charge is 0.466 e. The van der Waals surface area contributed by atoms with E-state index in [2.05, 4.69) is 19.2 Å². The molecule has 0 bridgehead atoms. The molecule has 6 nitrogen and oxygen atoms in total. The number of nitrogens with one attached hydrogen (secondary N) is 1. The maximum absolute atomic E-state index is 12.5. The monoisotopic (exact) mass is 948 g/mol. The SMILES string of the molecule is CCCCCCCCCCCCCCCCCCCCC(=O)OCCCCCCCCCCCCCCCCCC(=O)NC(CO)C(O)CCCCCCCCCCCCCCCCCCC. The summed E-state index contributed by atoms with van der Waals surface area (Å²) in [5.41, 5.74) is 0. The van der Waals surface area contributed by atoms with Crippen molar-refractivity contribution in [2.24, 2.45) is 0 Å². The topological polar surface area (TPSA) is 95.9 Å². The van der Waals surface area contributed by atoms with Crippen LogP contribution in [0.5, 0.6) is 0 Å². The van der Waals surface area contributed by atoms with Gasteiger partial charge in [-0.25, -0.2) is 0 Å². The Morgan fingerprint density at radius 1 is 0.358 bits per heavy atom. The fraction of sp³-hybridized carbons (Fsp3) is 0.967. The molecule has 0 rings (SSSR count). The van der Waals surface area contributed by atoms with Crippen LogP contribution in [0.1, 0.15) is 354 Å². The lowest BCUT2D eigenvalue weighted by atomic mass is 10.0. The summed E-state index contributed by atoms with van der Waals surface area (Å²) in [6.45, 7) is 4.97. The van der Waals surface area contributed by atoms with Crippen LogP contribution in [0, 0.1) is 0 Å². The third-order valence-corrected chi connectivity index (χ3v) is 14.7. The Kier molecular flexibility index (Phi) is 56.5. The molecule has 3 N–H and O–H groups in total. The van der Waals surface area contributed by atoms with Crippen molar-refractivity contribution < 1.29 is 24.5 Å². The highest BCUT2D eigenvalue weighted by Crippen LogP contribution is 2.18. The minimum atomic E-state index is -0.669. The molecule has 0 aromatic rings. The van der Waals surface area contributed by atoms with Crippen LogP contribution < -0.4 is 5.32 Å². The van der Waals surface area contributed by atoms with Gasteiger partial charge in [0.25, 0.3) is 0 Å². The zero-order valence-corrected chi connectivity index (χ0v) is 45.7. The van der Waals surface area contributed by atoms with E-state index < -0.39 is 12.1 Å². The van der Waals surface area contributed by atoms with Gasteiger partial charge in [-0.15, -0.1) is 0 Å². The highest BCUT2D eigenvalue weighted by atomic mass is 16.5. The summed E-state index contributed by atoms with van der Waals surface area (Å²) >= 11 is 0. The fourth-order valence-electron chi connectivity index (χ4n) is 9.94. The van der Waals surface area contributed by atoms with Gasteiger partial charge in [0.05, 0.1) is 25.4 Å². The van der Waals surface area contributed by atoms with Crippen LogP contribution in [0.2, 0.25) is 0 Å². The first-order valence-corrected chi connectivity index (χ1v) is 30.8. The Morgan fingerprint density at radius 3 is 0.910 bits per heavy atom. The molecule has 0 heterocycles. The molecular weight excluding hydrogens is 827 g/mol. The molecule has 6 heteroatoms. The lowest BCUT2D eigenvalue weighted by Gasteiger charge is -2.22. The fourth-order valence-corrected chi connectivity index (χ4v) is 9.94. The second-order valence-electron chi connectivity index (χ2n) is 21.4. The van der Waals surface area contributed by atoms with Crippen molar-refractivity contribution in [1.82, 2.24) is 5.32 Å². The number of carbonyl (C=O) groups is 2. The zero-order chi connectivity index (χ0) is 48.6. The van der Waals surface area contributed by atoms with E-state index in [0.717, 1.165) is 44.9 Å². The molecule has 2 unspecified atom stereocenters. The summed E-state index contributed by atoms with van der Waals surface area (Å²) in [6.07, 6.45) is 66.7. The number of ether oxygens (including phenoxy) is 1. The van der Waals surface area contributed by atoms with Crippen molar-refractivity contribution >= 4 is 11.9 Å². The van der Waals surface area contributed by atoms with Crippen LogP contribution >= 0.6 is 0 Å². The van der Waals surface area contributed by atoms with Crippen molar-refractivity contribution in [1.29, 1.82) is 0 Å².